The third kappa shape index (κ3) is 3.35. The molecular formula is C12H11NO3S. The molecule has 88 valence electrons. The van der Waals surface area contributed by atoms with Crippen LogP contribution in [0.4, 0.5) is 4.79 Å². The van der Waals surface area contributed by atoms with Crippen molar-refractivity contribution in [1.29, 1.82) is 0 Å². The second-order valence-corrected chi connectivity index (χ2v) is 4.60. The molecule has 0 saturated carbocycles. The van der Waals surface area contributed by atoms with Gasteiger partial charge in [0.05, 0.1) is 11.5 Å². The summed E-state index contributed by atoms with van der Waals surface area (Å²) < 4.78 is 5.32. The van der Waals surface area contributed by atoms with Gasteiger partial charge in [0.15, 0.2) is 0 Å². The first-order chi connectivity index (χ1) is 8.25. The fourth-order valence-corrected chi connectivity index (χ4v) is 2.14. The van der Waals surface area contributed by atoms with Crippen LogP contribution in [-0.2, 0) is 4.79 Å². The molecule has 0 bridgehead atoms. The maximum Gasteiger partial charge on any atom is 0.286 e. The lowest BCUT2D eigenvalue weighted by Gasteiger charge is -2.00. The van der Waals surface area contributed by atoms with Gasteiger partial charge in [-0.1, -0.05) is 30.0 Å². The minimum atomic E-state index is -0.335. The molecule has 4 nitrogen and oxygen atoms in total. The number of hydrogen-bond acceptors (Lipinski definition) is 4. The first-order valence-electron chi connectivity index (χ1n) is 5.14. The molecule has 0 spiro atoms. The zero-order valence-corrected chi connectivity index (χ0v) is 9.78. The molecule has 0 aliphatic carbocycles. The zero-order valence-electron chi connectivity index (χ0n) is 8.96. The number of thioether (sulfide) groups is 1. The van der Waals surface area contributed by atoms with E-state index < -0.39 is 0 Å². The summed E-state index contributed by atoms with van der Waals surface area (Å²) in [6, 6.07) is 9.34. The van der Waals surface area contributed by atoms with Gasteiger partial charge in [-0.2, -0.15) is 0 Å². The lowest BCUT2D eigenvalue weighted by atomic mass is 10.3. The molecule has 17 heavy (non-hydrogen) atoms. The van der Waals surface area contributed by atoms with E-state index in [0.717, 1.165) is 17.5 Å². The van der Waals surface area contributed by atoms with Gasteiger partial charge in [0.25, 0.3) is 5.24 Å². The maximum atomic E-state index is 11.2. The van der Waals surface area contributed by atoms with E-state index >= 15 is 0 Å². The Morgan fingerprint density at radius 3 is 2.71 bits per heavy atom. The number of carbonyl (C=O) groups excluding carboxylic acids is 2. The van der Waals surface area contributed by atoms with E-state index in [9.17, 15) is 9.59 Å². The summed E-state index contributed by atoms with van der Waals surface area (Å²) in [6.07, 6.45) is 3.75. The Balaban J connectivity index is 1.79. The predicted octanol–water partition coefficient (Wildman–Crippen LogP) is 2.32. The smallest absolute Gasteiger partial charge is 0.286 e. The third-order valence-electron chi connectivity index (χ3n) is 2.16. The molecule has 5 heteroatoms. The van der Waals surface area contributed by atoms with Crippen molar-refractivity contribution >= 4 is 22.9 Å². The number of carbonyl (C=O) groups is 2. The standard InChI is InChI=1S/C12H11NO3S/c14-11-10(17-12(15)13-11)7-4-8-16-9-5-2-1-3-6-9/h1-6,8,10H,7H2,(H,13,14,15). The number of nitrogens with one attached hydrogen (secondary N) is 1. The Morgan fingerprint density at radius 2 is 2.06 bits per heavy atom. The number of para-hydroxylation sites is 1. The van der Waals surface area contributed by atoms with E-state index in [1.54, 1.807) is 6.08 Å². The number of hydrogen-bond donors (Lipinski definition) is 1. The highest BCUT2D eigenvalue weighted by Gasteiger charge is 2.30. The third-order valence-corrected chi connectivity index (χ3v) is 3.17. The lowest BCUT2D eigenvalue weighted by molar-refractivity contribution is -0.118. The van der Waals surface area contributed by atoms with Crippen LogP contribution in [0.1, 0.15) is 6.42 Å². The van der Waals surface area contributed by atoms with Gasteiger partial charge in [-0.15, -0.1) is 0 Å². The minimum Gasteiger partial charge on any atom is -0.465 e. The summed E-state index contributed by atoms with van der Waals surface area (Å²) in [7, 11) is 0. The van der Waals surface area contributed by atoms with Crippen molar-refractivity contribution < 1.29 is 14.3 Å². The molecule has 0 aromatic heterocycles. The summed E-state index contributed by atoms with van der Waals surface area (Å²) >= 11 is 1.01. The Kier molecular flexibility index (Phi) is 3.82. The largest absolute Gasteiger partial charge is 0.465 e. The Hall–Kier alpha value is -1.75. The van der Waals surface area contributed by atoms with Gasteiger partial charge in [-0.25, -0.2) is 0 Å². The molecule has 1 unspecified atom stereocenters. The fraction of sp³-hybridized carbons (Fsp3) is 0.167. The summed E-state index contributed by atoms with van der Waals surface area (Å²) in [5, 5.41) is 1.62. The van der Waals surface area contributed by atoms with Crippen molar-refractivity contribution in [1.82, 2.24) is 5.32 Å². The molecule has 2 rings (SSSR count). The molecule has 1 atom stereocenters. The van der Waals surface area contributed by atoms with E-state index in [0.29, 0.717) is 6.42 Å². The second-order valence-electron chi connectivity index (χ2n) is 3.42. The van der Waals surface area contributed by atoms with Gasteiger partial charge in [0.2, 0.25) is 5.91 Å². The first kappa shape index (κ1) is 11.7. The summed E-state index contributed by atoms with van der Waals surface area (Å²) in [6.45, 7) is 0. The van der Waals surface area contributed by atoms with E-state index in [1.807, 2.05) is 30.3 Å². The Bertz CT molecular complexity index is 444. The molecule has 1 N–H and O–H groups in total. The van der Waals surface area contributed by atoms with Crippen LogP contribution in [0.3, 0.4) is 0 Å². The molecule has 0 radical (unpaired) electrons. The van der Waals surface area contributed by atoms with E-state index in [1.165, 1.54) is 6.26 Å². The van der Waals surface area contributed by atoms with Crippen molar-refractivity contribution in [3.63, 3.8) is 0 Å². The van der Waals surface area contributed by atoms with Crippen molar-refractivity contribution in [3.8, 4) is 5.75 Å². The molecule has 1 heterocycles. The number of rotatable bonds is 4. The molecule has 1 aliphatic rings. The van der Waals surface area contributed by atoms with Gasteiger partial charge in [-0.05, 0) is 24.6 Å². The zero-order chi connectivity index (χ0) is 12.1. The van der Waals surface area contributed by atoms with E-state index in [4.69, 9.17) is 4.74 Å². The molecule has 1 aromatic carbocycles. The molecule has 1 aromatic rings. The number of imide groups is 1. The highest BCUT2D eigenvalue weighted by atomic mass is 32.2. The SMILES string of the molecule is O=C1NC(=O)C(CC=COc2ccccc2)S1. The van der Waals surface area contributed by atoms with Gasteiger partial charge < -0.3 is 4.74 Å². The number of allylic oxidation sites excluding steroid dienone is 1. The number of amides is 2. The summed E-state index contributed by atoms with van der Waals surface area (Å²) in [4.78, 5) is 22.1. The Morgan fingerprint density at radius 1 is 1.29 bits per heavy atom. The molecule has 1 saturated heterocycles. The summed E-state index contributed by atoms with van der Waals surface area (Å²) in [5.74, 6) is 0.507. The Labute approximate surface area is 103 Å². The highest BCUT2D eigenvalue weighted by molar-refractivity contribution is 8.15. The molecular weight excluding hydrogens is 238 g/mol. The molecule has 2 amide bonds. The highest BCUT2D eigenvalue weighted by Crippen LogP contribution is 2.22. The predicted molar refractivity (Wildman–Crippen MR) is 65.7 cm³/mol. The van der Waals surface area contributed by atoms with Gasteiger partial charge >= 0.3 is 0 Å². The normalized spacial score (nSPS) is 19.6. The average Bonchev–Trinajstić information content (AvgIpc) is 2.65. The topological polar surface area (TPSA) is 55.4 Å². The van der Waals surface area contributed by atoms with E-state index in [-0.39, 0.29) is 16.4 Å². The average molecular weight is 249 g/mol. The maximum absolute atomic E-state index is 11.2. The van der Waals surface area contributed by atoms with Crippen LogP contribution in [0.5, 0.6) is 5.75 Å². The van der Waals surface area contributed by atoms with Crippen LogP contribution in [0.25, 0.3) is 0 Å². The number of benzene rings is 1. The van der Waals surface area contributed by atoms with Gasteiger partial charge in [0, 0.05) is 0 Å². The van der Waals surface area contributed by atoms with Crippen LogP contribution < -0.4 is 10.1 Å². The second kappa shape index (κ2) is 5.54. The lowest BCUT2D eigenvalue weighted by Crippen LogP contribution is -2.23. The van der Waals surface area contributed by atoms with Crippen molar-refractivity contribution in [2.45, 2.75) is 11.7 Å². The monoisotopic (exact) mass is 249 g/mol. The van der Waals surface area contributed by atoms with Crippen LogP contribution >= 0.6 is 11.8 Å². The van der Waals surface area contributed by atoms with Crippen molar-refractivity contribution in [2.75, 3.05) is 0 Å². The quantitative estimate of drug-likeness (QED) is 0.832. The van der Waals surface area contributed by atoms with Crippen LogP contribution in [0, 0.1) is 0 Å². The van der Waals surface area contributed by atoms with E-state index in [2.05, 4.69) is 5.32 Å². The summed E-state index contributed by atoms with van der Waals surface area (Å²) in [5.41, 5.74) is 0. The first-order valence-corrected chi connectivity index (χ1v) is 6.02. The fourth-order valence-electron chi connectivity index (χ4n) is 1.35. The van der Waals surface area contributed by atoms with Crippen LogP contribution in [-0.4, -0.2) is 16.4 Å². The molecule has 1 fully saturated rings. The van der Waals surface area contributed by atoms with Crippen LogP contribution in [0.2, 0.25) is 0 Å². The van der Waals surface area contributed by atoms with Crippen LogP contribution in [0.15, 0.2) is 42.7 Å². The number of ether oxygens (including phenoxy) is 1. The van der Waals surface area contributed by atoms with Crippen molar-refractivity contribution in [3.05, 3.63) is 42.7 Å². The van der Waals surface area contributed by atoms with Crippen molar-refractivity contribution in [2.24, 2.45) is 0 Å². The van der Waals surface area contributed by atoms with Gasteiger partial charge in [-0.3, -0.25) is 14.9 Å². The minimum absolute atomic E-state index is 0.232. The van der Waals surface area contributed by atoms with Gasteiger partial charge in [0.1, 0.15) is 5.75 Å². The molecule has 1 aliphatic heterocycles.